The fourth-order valence-corrected chi connectivity index (χ4v) is 2.80. The molecule has 0 heterocycles. The molecule has 0 aromatic heterocycles. The van der Waals surface area contributed by atoms with E-state index in [1.165, 1.54) is 44.6 Å². The fraction of sp³-hybridized carbons (Fsp3) is 0.0833. The second-order valence-electron chi connectivity index (χ2n) is 6.53. The maximum Gasteiger partial charge on any atom is 0.343 e. The molecular formula is C24H19NO7. The number of nitrogens with zero attached hydrogens (tertiary/aromatic N) is 1. The standard InChI is InChI=1S/C24H19NO7/c1-30-20-12-13-21(23(15-20)31-2)22(26)14-5-16-3-10-19(11-4-16)32-24(27)17-6-8-18(9-7-17)25(28)29/h3-15H,1-2H3/b14-5+. The molecular weight excluding hydrogens is 414 g/mol. The number of carbonyl (C=O) groups excluding carboxylic acids is 2. The zero-order valence-corrected chi connectivity index (χ0v) is 17.3. The van der Waals surface area contributed by atoms with Crippen molar-refractivity contribution in [3.8, 4) is 17.2 Å². The Labute approximate surface area is 183 Å². The first-order valence-electron chi connectivity index (χ1n) is 9.42. The number of allylic oxidation sites excluding steroid dienone is 1. The van der Waals surface area contributed by atoms with Crippen molar-refractivity contribution in [2.45, 2.75) is 0 Å². The molecule has 0 aliphatic carbocycles. The predicted octanol–water partition coefficient (Wildman–Crippen LogP) is 4.73. The molecule has 0 atom stereocenters. The van der Waals surface area contributed by atoms with E-state index >= 15 is 0 Å². The topological polar surface area (TPSA) is 105 Å². The van der Waals surface area contributed by atoms with Crippen LogP contribution in [0.1, 0.15) is 26.3 Å². The Bertz CT molecular complexity index is 1170. The van der Waals surface area contributed by atoms with Gasteiger partial charge in [-0.05, 0) is 48.0 Å². The Kier molecular flexibility index (Phi) is 6.97. The van der Waals surface area contributed by atoms with Gasteiger partial charge in [0, 0.05) is 18.2 Å². The lowest BCUT2D eigenvalue weighted by molar-refractivity contribution is -0.384. The Morgan fingerprint density at radius 3 is 2.12 bits per heavy atom. The molecule has 32 heavy (non-hydrogen) atoms. The number of benzene rings is 3. The molecule has 3 rings (SSSR count). The zero-order valence-electron chi connectivity index (χ0n) is 17.3. The van der Waals surface area contributed by atoms with Crippen LogP contribution in [0.25, 0.3) is 6.08 Å². The molecule has 162 valence electrons. The monoisotopic (exact) mass is 433 g/mol. The SMILES string of the molecule is COc1ccc(C(=O)/C=C/c2ccc(OC(=O)c3ccc([N+](=O)[O-])cc3)cc2)c(OC)c1. The molecule has 0 saturated heterocycles. The molecule has 0 radical (unpaired) electrons. The van der Waals surface area contributed by atoms with Gasteiger partial charge in [-0.15, -0.1) is 0 Å². The number of hydrogen-bond acceptors (Lipinski definition) is 7. The van der Waals surface area contributed by atoms with Crippen LogP contribution >= 0.6 is 0 Å². The fourth-order valence-electron chi connectivity index (χ4n) is 2.80. The molecule has 0 N–H and O–H groups in total. The van der Waals surface area contributed by atoms with Crippen molar-refractivity contribution >= 4 is 23.5 Å². The molecule has 0 unspecified atom stereocenters. The van der Waals surface area contributed by atoms with E-state index in [2.05, 4.69) is 0 Å². The number of nitro benzene ring substituents is 1. The molecule has 0 aliphatic heterocycles. The minimum Gasteiger partial charge on any atom is -0.497 e. The molecule has 3 aromatic rings. The predicted molar refractivity (Wildman–Crippen MR) is 117 cm³/mol. The van der Waals surface area contributed by atoms with E-state index in [4.69, 9.17) is 14.2 Å². The van der Waals surface area contributed by atoms with Gasteiger partial charge in [0.15, 0.2) is 5.78 Å². The van der Waals surface area contributed by atoms with Crippen LogP contribution in [0.5, 0.6) is 17.2 Å². The number of nitro groups is 1. The number of carbonyl (C=O) groups is 2. The van der Waals surface area contributed by atoms with Gasteiger partial charge in [-0.25, -0.2) is 4.79 Å². The highest BCUT2D eigenvalue weighted by molar-refractivity contribution is 6.08. The first-order chi connectivity index (χ1) is 15.4. The van der Waals surface area contributed by atoms with Crippen LogP contribution in [0.3, 0.4) is 0 Å². The van der Waals surface area contributed by atoms with E-state index < -0.39 is 10.9 Å². The smallest absolute Gasteiger partial charge is 0.343 e. The minimum atomic E-state index is -0.634. The lowest BCUT2D eigenvalue weighted by atomic mass is 10.1. The third kappa shape index (κ3) is 5.37. The number of esters is 1. The summed E-state index contributed by atoms with van der Waals surface area (Å²) in [6.45, 7) is 0. The minimum absolute atomic E-state index is 0.112. The van der Waals surface area contributed by atoms with Crippen molar-refractivity contribution in [3.63, 3.8) is 0 Å². The van der Waals surface area contributed by atoms with E-state index in [1.54, 1.807) is 48.5 Å². The van der Waals surface area contributed by atoms with Gasteiger partial charge in [0.2, 0.25) is 0 Å². The van der Waals surface area contributed by atoms with Gasteiger partial charge in [0.25, 0.3) is 5.69 Å². The van der Waals surface area contributed by atoms with Crippen LogP contribution < -0.4 is 14.2 Å². The van der Waals surface area contributed by atoms with Crippen molar-refractivity contribution in [3.05, 3.63) is 99.6 Å². The lowest BCUT2D eigenvalue weighted by Crippen LogP contribution is -2.08. The number of hydrogen-bond donors (Lipinski definition) is 0. The maximum atomic E-state index is 12.5. The summed E-state index contributed by atoms with van der Waals surface area (Å²) in [5, 5.41) is 10.7. The second kappa shape index (κ2) is 10.0. The van der Waals surface area contributed by atoms with Crippen LogP contribution in [0.2, 0.25) is 0 Å². The average molecular weight is 433 g/mol. The van der Waals surface area contributed by atoms with Crippen molar-refractivity contribution in [1.82, 2.24) is 0 Å². The molecule has 3 aromatic carbocycles. The van der Waals surface area contributed by atoms with E-state index in [0.29, 0.717) is 22.8 Å². The first-order valence-corrected chi connectivity index (χ1v) is 9.42. The van der Waals surface area contributed by atoms with Crippen molar-refractivity contribution in [2.75, 3.05) is 14.2 Å². The summed E-state index contributed by atoms with van der Waals surface area (Å²) in [5.41, 5.74) is 1.21. The normalized spacial score (nSPS) is 10.6. The molecule has 8 heteroatoms. The van der Waals surface area contributed by atoms with Crippen LogP contribution in [-0.2, 0) is 0 Å². The molecule has 0 fully saturated rings. The summed E-state index contributed by atoms with van der Waals surface area (Å²) in [6, 6.07) is 16.6. The summed E-state index contributed by atoms with van der Waals surface area (Å²) < 4.78 is 15.7. The first kappa shape index (κ1) is 22.2. The Morgan fingerprint density at radius 2 is 1.53 bits per heavy atom. The molecule has 0 amide bonds. The lowest BCUT2D eigenvalue weighted by Gasteiger charge is -2.08. The zero-order chi connectivity index (χ0) is 23.1. The Balaban J connectivity index is 1.65. The van der Waals surface area contributed by atoms with Gasteiger partial charge in [-0.3, -0.25) is 14.9 Å². The third-order valence-corrected chi connectivity index (χ3v) is 4.51. The van der Waals surface area contributed by atoms with E-state index in [0.717, 1.165) is 5.56 Å². The van der Waals surface area contributed by atoms with E-state index in [9.17, 15) is 19.7 Å². The van der Waals surface area contributed by atoms with Crippen LogP contribution in [0.4, 0.5) is 5.69 Å². The van der Waals surface area contributed by atoms with Gasteiger partial charge >= 0.3 is 5.97 Å². The summed E-state index contributed by atoms with van der Waals surface area (Å²) >= 11 is 0. The Morgan fingerprint density at radius 1 is 0.875 bits per heavy atom. The summed E-state index contributed by atoms with van der Waals surface area (Å²) in [6.07, 6.45) is 3.05. The second-order valence-corrected chi connectivity index (χ2v) is 6.53. The number of ketones is 1. The Hall–Kier alpha value is -4.46. The van der Waals surface area contributed by atoms with E-state index in [1.807, 2.05) is 0 Å². The number of ether oxygens (including phenoxy) is 3. The van der Waals surface area contributed by atoms with Crippen LogP contribution in [0.15, 0.2) is 72.8 Å². The van der Waals surface area contributed by atoms with Gasteiger partial charge in [-0.1, -0.05) is 18.2 Å². The van der Waals surface area contributed by atoms with Crippen molar-refractivity contribution in [2.24, 2.45) is 0 Å². The molecule has 0 saturated carbocycles. The quantitative estimate of drug-likeness (QED) is 0.126. The average Bonchev–Trinajstić information content (AvgIpc) is 2.82. The van der Waals surface area contributed by atoms with Gasteiger partial charge in [-0.2, -0.15) is 0 Å². The summed E-state index contributed by atoms with van der Waals surface area (Å²) in [5.74, 6) is 0.422. The number of non-ortho nitro benzene ring substituents is 1. The molecule has 0 spiro atoms. The summed E-state index contributed by atoms with van der Waals surface area (Å²) in [4.78, 5) is 34.8. The molecule has 0 aliphatic rings. The van der Waals surface area contributed by atoms with Gasteiger partial charge in [0.05, 0.1) is 30.3 Å². The van der Waals surface area contributed by atoms with Gasteiger partial charge in [0.1, 0.15) is 17.2 Å². The molecule has 8 nitrogen and oxygen atoms in total. The maximum absolute atomic E-state index is 12.5. The number of rotatable bonds is 8. The van der Waals surface area contributed by atoms with E-state index in [-0.39, 0.29) is 17.0 Å². The molecule has 0 bridgehead atoms. The van der Waals surface area contributed by atoms with Crippen molar-refractivity contribution in [1.29, 1.82) is 0 Å². The van der Waals surface area contributed by atoms with Crippen LogP contribution in [0, 0.1) is 10.1 Å². The third-order valence-electron chi connectivity index (χ3n) is 4.51. The van der Waals surface area contributed by atoms with Gasteiger partial charge < -0.3 is 14.2 Å². The highest BCUT2D eigenvalue weighted by Gasteiger charge is 2.12. The highest BCUT2D eigenvalue weighted by Crippen LogP contribution is 2.25. The number of methoxy groups -OCH3 is 2. The van der Waals surface area contributed by atoms with Crippen molar-refractivity contribution < 1.29 is 28.7 Å². The van der Waals surface area contributed by atoms with Crippen LogP contribution in [-0.4, -0.2) is 30.9 Å². The largest absolute Gasteiger partial charge is 0.497 e. The highest BCUT2D eigenvalue weighted by atomic mass is 16.6. The summed E-state index contributed by atoms with van der Waals surface area (Å²) in [7, 11) is 3.01.